The fourth-order valence-electron chi connectivity index (χ4n) is 3.16. The van der Waals surface area contributed by atoms with Gasteiger partial charge in [0.05, 0.1) is 0 Å². The molecule has 0 nitrogen and oxygen atoms in total. The molecule has 15 heavy (non-hydrogen) atoms. The number of hydrogen-bond donors (Lipinski definition) is 0. The summed E-state index contributed by atoms with van der Waals surface area (Å²) in [5.74, 6) is 3.19. The zero-order valence-corrected chi connectivity index (χ0v) is 10.3. The average molecular weight is 202 g/mol. The van der Waals surface area contributed by atoms with E-state index in [0.29, 0.717) is 0 Å². The van der Waals surface area contributed by atoms with Gasteiger partial charge in [0.25, 0.3) is 0 Å². The van der Waals surface area contributed by atoms with Gasteiger partial charge in [-0.15, -0.1) is 0 Å². The Bertz CT molecular complexity index is 336. The molecular weight excluding hydrogens is 180 g/mol. The van der Waals surface area contributed by atoms with Crippen molar-refractivity contribution in [1.82, 2.24) is 0 Å². The third-order valence-electron chi connectivity index (χ3n) is 3.91. The van der Waals surface area contributed by atoms with Crippen LogP contribution in [0.1, 0.15) is 44.7 Å². The van der Waals surface area contributed by atoms with Crippen molar-refractivity contribution in [3.63, 3.8) is 0 Å². The van der Waals surface area contributed by atoms with Crippen LogP contribution in [0.2, 0.25) is 0 Å². The van der Waals surface area contributed by atoms with E-state index in [4.69, 9.17) is 0 Å². The van der Waals surface area contributed by atoms with Crippen LogP contribution in [0.3, 0.4) is 0 Å². The van der Waals surface area contributed by atoms with Crippen molar-refractivity contribution in [2.24, 2.45) is 17.8 Å². The van der Waals surface area contributed by atoms with Crippen LogP contribution in [0.25, 0.3) is 0 Å². The van der Waals surface area contributed by atoms with Gasteiger partial charge >= 0.3 is 0 Å². The summed E-state index contributed by atoms with van der Waals surface area (Å²) in [7, 11) is 0. The first-order chi connectivity index (χ1) is 7.11. The van der Waals surface area contributed by atoms with Gasteiger partial charge in [-0.3, -0.25) is 0 Å². The summed E-state index contributed by atoms with van der Waals surface area (Å²) in [4.78, 5) is 0. The van der Waals surface area contributed by atoms with Crippen molar-refractivity contribution in [1.29, 1.82) is 0 Å². The van der Waals surface area contributed by atoms with E-state index in [1.54, 1.807) is 11.1 Å². The molecule has 2 rings (SSSR count). The Morgan fingerprint density at radius 3 is 2.27 bits per heavy atom. The van der Waals surface area contributed by atoms with Crippen LogP contribution < -0.4 is 0 Å². The highest BCUT2D eigenvalue weighted by atomic mass is 14.4. The summed E-state index contributed by atoms with van der Waals surface area (Å²) in [5, 5.41) is 0. The van der Waals surface area contributed by atoms with Crippen molar-refractivity contribution in [2.75, 3.05) is 0 Å². The van der Waals surface area contributed by atoms with E-state index in [-0.39, 0.29) is 0 Å². The van der Waals surface area contributed by atoms with E-state index in [1.807, 2.05) is 0 Å². The quantitative estimate of drug-likeness (QED) is 0.672. The second-order valence-electron chi connectivity index (χ2n) is 5.58. The molecule has 0 spiro atoms. The molecular formula is C15H22. The number of fused-ring (bicyclic) bond motifs is 1. The Morgan fingerprint density at radius 2 is 1.67 bits per heavy atom. The van der Waals surface area contributed by atoms with Gasteiger partial charge in [0, 0.05) is 0 Å². The molecule has 2 unspecified atom stereocenters. The normalized spacial score (nSPS) is 24.9. The van der Waals surface area contributed by atoms with E-state index >= 15 is 0 Å². The summed E-state index contributed by atoms with van der Waals surface area (Å²) in [6.45, 7) is 9.46. The van der Waals surface area contributed by atoms with Gasteiger partial charge in [0.2, 0.25) is 0 Å². The number of benzene rings is 1. The molecule has 0 heteroatoms. The van der Waals surface area contributed by atoms with Crippen molar-refractivity contribution in [3.8, 4) is 0 Å². The lowest BCUT2D eigenvalue weighted by Gasteiger charge is -2.27. The predicted molar refractivity (Wildman–Crippen MR) is 66.1 cm³/mol. The molecule has 0 radical (unpaired) electrons. The Labute approximate surface area is 93.7 Å². The summed E-state index contributed by atoms with van der Waals surface area (Å²) in [6, 6.07) is 9.02. The summed E-state index contributed by atoms with van der Waals surface area (Å²) in [6.07, 6.45) is 1.29. The lowest BCUT2D eigenvalue weighted by Crippen LogP contribution is -2.18. The van der Waals surface area contributed by atoms with Crippen molar-refractivity contribution in [3.05, 3.63) is 35.4 Å². The van der Waals surface area contributed by atoms with E-state index in [1.165, 1.54) is 6.42 Å². The van der Waals surface area contributed by atoms with Crippen LogP contribution >= 0.6 is 0 Å². The SMILES string of the molecule is CC(C)C1Cc2ccccc2C1C(C)C. The minimum atomic E-state index is 0.765. The summed E-state index contributed by atoms with van der Waals surface area (Å²) in [5.41, 5.74) is 3.21. The monoisotopic (exact) mass is 202 g/mol. The van der Waals surface area contributed by atoms with Crippen LogP contribution in [0, 0.1) is 17.8 Å². The van der Waals surface area contributed by atoms with Crippen LogP contribution in [-0.2, 0) is 6.42 Å². The van der Waals surface area contributed by atoms with E-state index in [0.717, 1.165) is 23.7 Å². The van der Waals surface area contributed by atoms with Gasteiger partial charge in [-0.1, -0.05) is 52.0 Å². The van der Waals surface area contributed by atoms with Crippen LogP contribution in [0.4, 0.5) is 0 Å². The zero-order valence-electron chi connectivity index (χ0n) is 10.3. The highest BCUT2D eigenvalue weighted by molar-refractivity contribution is 5.36. The van der Waals surface area contributed by atoms with Crippen molar-refractivity contribution in [2.45, 2.75) is 40.0 Å². The predicted octanol–water partition coefficient (Wildman–Crippen LogP) is 4.25. The molecule has 1 aliphatic carbocycles. The highest BCUT2D eigenvalue weighted by Crippen LogP contribution is 2.45. The van der Waals surface area contributed by atoms with Gasteiger partial charge < -0.3 is 0 Å². The lowest BCUT2D eigenvalue weighted by molar-refractivity contribution is 0.289. The third-order valence-corrected chi connectivity index (χ3v) is 3.91. The Morgan fingerprint density at radius 1 is 1.00 bits per heavy atom. The van der Waals surface area contributed by atoms with Gasteiger partial charge in [0.1, 0.15) is 0 Å². The molecule has 1 aliphatic rings. The molecule has 0 aromatic heterocycles. The van der Waals surface area contributed by atoms with Gasteiger partial charge in [-0.2, -0.15) is 0 Å². The molecule has 0 fully saturated rings. The molecule has 0 bridgehead atoms. The molecule has 1 aromatic rings. The zero-order chi connectivity index (χ0) is 11.0. The maximum absolute atomic E-state index is 2.37. The molecule has 0 saturated heterocycles. The molecule has 0 saturated carbocycles. The number of rotatable bonds is 2. The van der Waals surface area contributed by atoms with Gasteiger partial charge in [-0.05, 0) is 41.2 Å². The lowest BCUT2D eigenvalue weighted by atomic mass is 9.78. The Balaban J connectivity index is 2.38. The van der Waals surface area contributed by atoms with Crippen LogP contribution in [0.5, 0.6) is 0 Å². The van der Waals surface area contributed by atoms with Gasteiger partial charge in [-0.25, -0.2) is 0 Å². The van der Waals surface area contributed by atoms with Crippen LogP contribution in [0.15, 0.2) is 24.3 Å². The van der Waals surface area contributed by atoms with Crippen molar-refractivity contribution < 1.29 is 0 Å². The second-order valence-corrected chi connectivity index (χ2v) is 5.58. The summed E-state index contributed by atoms with van der Waals surface area (Å²) < 4.78 is 0. The maximum Gasteiger partial charge on any atom is -0.0102 e. The van der Waals surface area contributed by atoms with E-state index in [9.17, 15) is 0 Å². The largest absolute Gasteiger partial charge is 0.0625 e. The summed E-state index contributed by atoms with van der Waals surface area (Å²) >= 11 is 0. The Hall–Kier alpha value is -0.780. The minimum Gasteiger partial charge on any atom is -0.0625 e. The Kier molecular flexibility index (Phi) is 2.86. The molecule has 1 aromatic carbocycles. The fourth-order valence-corrected chi connectivity index (χ4v) is 3.16. The standard InChI is InChI=1S/C15H22/c1-10(2)14-9-12-7-5-6-8-13(12)15(14)11(3)4/h5-8,10-11,14-15H,9H2,1-4H3. The molecule has 2 atom stereocenters. The second kappa shape index (κ2) is 4.00. The van der Waals surface area contributed by atoms with E-state index in [2.05, 4.69) is 52.0 Å². The smallest absolute Gasteiger partial charge is 0.0102 e. The highest BCUT2D eigenvalue weighted by Gasteiger charge is 2.35. The fraction of sp³-hybridized carbons (Fsp3) is 0.600. The molecule has 0 amide bonds. The number of hydrogen-bond acceptors (Lipinski definition) is 0. The maximum atomic E-state index is 2.37. The first-order valence-corrected chi connectivity index (χ1v) is 6.19. The third kappa shape index (κ3) is 1.82. The van der Waals surface area contributed by atoms with Gasteiger partial charge in [0.15, 0.2) is 0 Å². The van der Waals surface area contributed by atoms with Crippen LogP contribution in [-0.4, -0.2) is 0 Å². The first kappa shape index (κ1) is 10.7. The minimum absolute atomic E-state index is 0.765. The molecule has 0 heterocycles. The molecule has 0 N–H and O–H groups in total. The van der Waals surface area contributed by atoms with E-state index < -0.39 is 0 Å². The van der Waals surface area contributed by atoms with Crippen molar-refractivity contribution >= 4 is 0 Å². The molecule has 0 aliphatic heterocycles. The topological polar surface area (TPSA) is 0 Å². The molecule has 82 valence electrons. The average Bonchev–Trinajstić information content (AvgIpc) is 2.56. The first-order valence-electron chi connectivity index (χ1n) is 6.19.